The fraction of sp³-hybridized carbons (Fsp3) is 0.0500. The van der Waals surface area contributed by atoms with Crippen LogP contribution in [0.25, 0.3) is 72.8 Å². The van der Waals surface area contributed by atoms with E-state index in [0.717, 1.165) is 35.6 Å². The number of hydrogen-bond donors (Lipinski definition) is 0. The van der Waals surface area contributed by atoms with Crippen LogP contribution in [0, 0.1) is 0 Å². The van der Waals surface area contributed by atoms with Crippen LogP contribution < -0.4 is 0 Å². The Morgan fingerprint density at radius 3 is 2.05 bits per heavy atom. The molecule has 8 aromatic rings. The van der Waals surface area contributed by atoms with Crippen molar-refractivity contribution in [2.45, 2.75) is 12.8 Å². The third-order valence-corrected chi connectivity index (χ3v) is 8.87. The van der Waals surface area contributed by atoms with E-state index in [1.165, 1.54) is 55.3 Å². The SMILES string of the molecule is C1=Cc2c(n(-c3nccc(-c4ccccc4)n3)c3ccc(-c4ccc5c(c4)c4ccccc4n5-c4ccccc4)cc23)CC1. The minimum atomic E-state index is 0.718. The van der Waals surface area contributed by atoms with Crippen molar-refractivity contribution in [2.75, 3.05) is 0 Å². The van der Waals surface area contributed by atoms with E-state index in [1.54, 1.807) is 0 Å². The second-order valence-electron chi connectivity index (χ2n) is 11.4. The summed E-state index contributed by atoms with van der Waals surface area (Å²) in [7, 11) is 0. The van der Waals surface area contributed by atoms with Crippen molar-refractivity contribution in [1.29, 1.82) is 0 Å². The molecule has 1 aliphatic rings. The first-order valence-corrected chi connectivity index (χ1v) is 15.2. The highest BCUT2D eigenvalue weighted by Gasteiger charge is 2.21. The fourth-order valence-electron chi connectivity index (χ4n) is 6.86. The first-order chi connectivity index (χ1) is 21.8. The van der Waals surface area contributed by atoms with Crippen LogP contribution in [0.3, 0.4) is 0 Å². The molecule has 44 heavy (non-hydrogen) atoms. The van der Waals surface area contributed by atoms with Crippen molar-refractivity contribution >= 4 is 38.8 Å². The zero-order valence-electron chi connectivity index (χ0n) is 24.1. The number of para-hydroxylation sites is 2. The molecule has 0 amide bonds. The van der Waals surface area contributed by atoms with Crippen LogP contribution in [0.5, 0.6) is 0 Å². The van der Waals surface area contributed by atoms with E-state index in [4.69, 9.17) is 9.97 Å². The topological polar surface area (TPSA) is 35.6 Å². The van der Waals surface area contributed by atoms with Gasteiger partial charge in [0.2, 0.25) is 5.95 Å². The predicted octanol–water partition coefficient (Wildman–Crippen LogP) is 9.81. The molecule has 3 aromatic heterocycles. The molecule has 0 saturated heterocycles. The summed E-state index contributed by atoms with van der Waals surface area (Å²) in [6.45, 7) is 0. The van der Waals surface area contributed by atoms with Gasteiger partial charge in [0.05, 0.1) is 22.2 Å². The Balaban J connectivity index is 1.21. The lowest BCUT2D eigenvalue weighted by atomic mass is 9.98. The Kier molecular flexibility index (Phi) is 5.60. The number of allylic oxidation sites excluding steroid dienone is 1. The quantitative estimate of drug-likeness (QED) is 0.213. The van der Waals surface area contributed by atoms with E-state index < -0.39 is 0 Å². The lowest BCUT2D eigenvalue weighted by Gasteiger charge is -2.12. The normalized spacial score (nSPS) is 12.7. The van der Waals surface area contributed by atoms with Gasteiger partial charge in [-0.15, -0.1) is 0 Å². The zero-order chi connectivity index (χ0) is 29.0. The fourth-order valence-corrected chi connectivity index (χ4v) is 6.86. The smallest absolute Gasteiger partial charge is 0.234 e. The molecule has 4 nitrogen and oxygen atoms in total. The highest BCUT2D eigenvalue weighted by Crippen LogP contribution is 2.38. The molecule has 0 atom stereocenters. The largest absolute Gasteiger partial charge is 0.309 e. The van der Waals surface area contributed by atoms with Gasteiger partial charge in [-0.05, 0) is 72.5 Å². The molecule has 208 valence electrons. The average Bonchev–Trinajstić information content (AvgIpc) is 3.61. The maximum atomic E-state index is 5.04. The van der Waals surface area contributed by atoms with E-state index >= 15 is 0 Å². The summed E-state index contributed by atoms with van der Waals surface area (Å²) in [5.74, 6) is 0.718. The van der Waals surface area contributed by atoms with Crippen LogP contribution >= 0.6 is 0 Å². The summed E-state index contributed by atoms with van der Waals surface area (Å²) >= 11 is 0. The highest BCUT2D eigenvalue weighted by molar-refractivity contribution is 6.10. The van der Waals surface area contributed by atoms with Gasteiger partial charge in [0.1, 0.15) is 0 Å². The number of fused-ring (bicyclic) bond motifs is 6. The van der Waals surface area contributed by atoms with E-state index in [-0.39, 0.29) is 0 Å². The number of aromatic nitrogens is 4. The Morgan fingerprint density at radius 1 is 0.545 bits per heavy atom. The van der Waals surface area contributed by atoms with Gasteiger partial charge < -0.3 is 4.57 Å². The minimum absolute atomic E-state index is 0.718. The summed E-state index contributed by atoms with van der Waals surface area (Å²) in [4.78, 5) is 9.80. The molecule has 3 heterocycles. The van der Waals surface area contributed by atoms with Gasteiger partial charge in [-0.3, -0.25) is 4.57 Å². The van der Waals surface area contributed by atoms with Crippen LogP contribution in [-0.4, -0.2) is 19.1 Å². The number of nitrogens with zero attached hydrogens (tertiary/aromatic N) is 4. The molecule has 4 heteroatoms. The summed E-state index contributed by atoms with van der Waals surface area (Å²) in [5.41, 5.74) is 11.7. The second kappa shape index (κ2) is 9.92. The van der Waals surface area contributed by atoms with Crippen molar-refractivity contribution in [3.8, 4) is 34.0 Å². The van der Waals surface area contributed by atoms with Gasteiger partial charge in [-0.2, -0.15) is 0 Å². The molecule has 0 bridgehead atoms. The molecule has 0 aliphatic heterocycles. The van der Waals surface area contributed by atoms with Gasteiger partial charge in [0, 0.05) is 44.9 Å². The Labute approximate surface area is 255 Å². The average molecular weight is 565 g/mol. The summed E-state index contributed by atoms with van der Waals surface area (Å²) < 4.78 is 4.63. The highest BCUT2D eigenvalue weighted by atomic mass is 15.2. The maximum Gasteiger partial charge on any atom is 0.234 e. The molecule has 9 rings (SSSR count). The van der Waals surface area contributed by atoms with E-state index in [1.807, 2.05) is 30.5 Å². The lowest BCUT2D eigenvalue weighted by Crippen LogP contribution is -2.07. The van der Waals surface area contributed by atoms with Gasteiger partial charge in [-0.1, -0.05) is 91.0 Å². The molecule has 0 radical (unpaired) electrons. The number of benzene rings is 5. The van der Waals surface area contributed by atoms with Crippen molar-refractivity contribution in [3.63, 3.8) is 0 Å². The maximum absolute atomic E-state index is 5.04. The lowest BCUT2D eigenvalue weighted by molar-refractivity contribution is 0.847. The Morgan fingerprint density at radius 2 is 1.23 bits per heavy atom. The van der Waals surface area contributed by atoms with Gasteiger partial charge in [-0.25, -0.2) is 9.97 Å². The number of hydrogen-bond acceptors (Lipinski definition) is 2. The zero-order valence-corrected chi connectivity index (χ0v) is 24.1. The van der Waals surface area contributed by atoms with Gasteiger partial charge in [0.15, 0.2) is 0 Å². The van der Waals surface area contributed by atoms with Crippen molar-refractivity contribution in [3.05, 3.63) is 151 Å². The summed E-state index contributed by atoms with van der Waals surface area (Å²) in [5, 5.41) is 3.75. The van der Waals surface area contributed by atoms with E-state index in [2.05, 4.69) is 124 Å². The molecular weight excluding hydrogens is 536 g/mol. The minimum Gasteiger partial charge on any atom is -0.309 e. The molecular formula is C40H28N4. The first-order valence-electron chi connectivity index (χ1n) is 15.2. The first kappa shape index (κ1) is 24.8. The second-order valence-corrected chi connectivity index (χ2v) is 11.4. The molecule has 0 fully saturated rings. The van der Waals surface area contributed by atoms with Crippen molar-refractivity contribution in [1.82, 2.24) is 19.1 Å². The molecule has 5 aromatic carbocycles. The van der Waals surface area contributed by atoms with Crippen LogP contribution in [0.4, 0.5) is 0 Å². The van der Waals surface area contributed by atoms with E-state index in [0.29, 0.717) is 0 Å². The molecule has 1 aliphatic carbocycles. The third-order valence-electron chi connectivity index (χ3n) is 8.87. The van der Waals surface area contributed by atoms with Crippen LogP contribution in [-0.2, 0) is 6.42 Å². The predicted molar refractivity (Wildman–Crippen MR) is 181 cm³/mol. The standard InChI is InChI=1S/C40H28N4/c1-3-11-27(12-4-1)35-23-24-41-40(42-35)44-37-18-10-8-16-32(37)34-26-29(20-22-39(34)44)28-19-21-38-33(25-28)31-15-7-9-17-36(31)43(38)30-13-5-2-6-14-30/h1-9,11-17,19-26H,10,18H2. The third kappa shape index (κ3) is 3.85. The Hall–Kier alpha value is -5.74. The summed E-state index contributed by atoms with van der Waals surface area (Å²) in [6.07, 6.45) is 8.40. The number of rotatable bonds is 4. The van der Waals surface area contributed by atoms with Crippen molar-refractivity contribution < 1.29 is 0 Å². The van der Waals surface area contributed by atoms with Crippen molar-refractivity contribution in [2.24, 2.45) is 0 Å². The molecule has 0 saturated carbocycles. The van der Waals surface area contributed by atoms with Crippen LogP contribution in [0.15, 0.2) is 140 Å². The van der Waals surface area contributed by atoms with Crippen LogP contribution in [0.1, 0.15) is 17.7 Å². The van der Waals surface area contributed by atoms with Gasteiger partial charge in [0.25, 0.3) is 0 Å². The molecule has 0 unspecified atom stereocenters. The molecule has 0 spiro atoms. The van der Waals surface area contributed by atoms with Gasteiger partial charge >= 0.3 is 0 Å². The monoisotopic (exact) mass is 564 g/mol. The van der Waals surface area contributed by atoms with Crippen LogP contribution in [0.2, 0.25) is 0 Å². The Bertz CT molecular complexity index is 2380. The summed E-state index contributed by atoms with van der Waals surface area (Å²) in [6, 6.07) is 45.3. The molecule has 0 N–H and O–H groups in total. The van der Waals surface area contributed by atoms with E-state index in [9.17, 15) is 0 Å².